The number of para-hydroxylation sites is 1. The summed E-state index contributed by atoms with van der Waals surface area (Å²) in [5.41, 5.74) is 5.62. The Morgan fingerprint density at radius 3 is 2.48 bits per heavy atom. The predicted molar refractivity (Wildman–Crippen MR) is 106 cm³/mol. The van der Waals surface area contributed by atoms with Gasteiger partial charge in [0.05, 0.1) is 16.1 Å². The Bertz CT molecular complexity index is 1340. The monoisotopic (exact) mass is 365 g/mol. The summed E-state index contributed by atoms with van der Waals surface area (Å²) in [7, 11) is 0. The fraction of sp³-hybridized carbons (Fsp3) is 0.100. The van der Waals surface area contributed by atoms with Gasteiger partial charge in [0.1, 0.15) is 11.0 Å². The third-order valence-corrected chi connectivity index (χ3v) is 5.72. The van der Waals surface area contributed by atoms with Crippen molar-refractivity contribution < 1.29 is 0 Å². The van der Waals surface area contributed by atoms with E-state index in [4.69, 9.17) is 28.2 Å². The number of aryl methyl sites for hydroxylation is 1. The van der Waals surface area contributed by atoms with Gasteiger partial charge in [-0.2, -0.15) is 5.10 Å². The second-order valence-electron chi connectivity index (χ2n) is 6.36. The van der Waals surface area contributed by atoms with E-state index in [1.165, 1.54) is 0 Å². The van der Waals surface area contributed by atoms with Gasteiger partial charge in [-0.3, -0.25) is 5.10 Å². The molecular weight excluding hydrogens is 353 g/mol. The highest BCUT2D eigenvalue weighted by Gasteiger charge is 2.18. The van der Waals surface area contributed by atoms with Crippen molar-refractivity contribution in [3.8, 4) is 0 Å². The van der Waals surface area contributed by atoms with E-state index < -0.39 is 0 Å². The number of fused-ring (bicyclic) bond motifs is 7. The van der Waals surface area contributed by atoms with Crippen LogP contribution in [0.4, 0.5) is 0 Å². The molecule has 2 heterocycles. The van der Waals surface area contributed by atoms with Gasteiger partial charge in [-0.1, -0.05) is 41.4 Å². The first-order valence-electron chi connectivity index (χ1n) is 8.00. The van der Waals surface area contributed by atoms with Crippen LogP contribution in [-0.4, -0.2) is 15.2 Å². The van der Waals surface area contributed by atoms with Gasteiger partial charge in [0.15, 0.2) is 0 Å². The van der Waals surface area contributed by atoms with Crippen molar-refractivity contribution in [2.45, 2.75) is 13.8 Å². The molecule has 3 nitrogen and oxygen atoms in total. The van der Waals surface area contributed by atoms with Gasteiger partial charge in [0.25, 0.3) is 0 Å². The van der Waals surface area contributed by atoms with Crippen LogP contribution >= 0.6 is 23.2 Å². The average molecular weight is 366 g/mol. The molecule has 0 atom stereocenters. The van der Waals surface area contributed by atoms with E-state index >= 15 is 0 Å². The molecule has 25 heavy (non-hydrogen) atoms. The zero-order chi connectivity index (χ0) is 17.3. The minimum atomic E-state index is 0.688. The quantitative estimate of drug-likeness (QED) is 0.325. The van der Waals surface area contributed by atoms with E-state index in [0.717, 1.165) is 59.8 Å². The van der Waals surface area contributed by atoms with Gasteiger partial charge >= 0.3 is 0 Å². The Labute approximate surface area is 153 Å². The lowest BCUT2D eigenvalue weighted by atomic mass is 10.0. The number of nitrogens with zero attached hydrogens (tertiary/aromatic N) is 2. The maximum Gasteiger partial charge on any atom is 0.118 e. The summed E-state index contributed by atoms with van der Waals surface area (Å²) in [4.78, 5) is 4.82. The number of rotatable bonds is 0. The minimum Gasteiger partial charge on any atom is -0.277 e. The molecule has 0 amide bonds. The summed E-state index contributed by atoms with van der Waals surface area (Å²) in [6.45, 7) is 4.08. The normalized spacial score (nSPS) is 12.0. The van der Waals surface area contributed by atoms with E-state index in [-0.39, 0.29) is 0 Å². The molecule has 2 aromatic heterocycles. The molecule has 5 rings (SSSR count). The molecule has 0 aliphatic rings. The number of benzene rings is 3. The summed E-state index contributed by atoms with van der Waals surface area (Å²) in [5, 5.41) is 13.2. The van der Waals surface area contributed by atoms with Crippen molar-refractivity contribution >= 4 is 66.8 Å². The van der Waals surface area contributed by atoms with Crippen LogP contribution in [0, 0.1) is 13.8 Å². The van der Waals surface area contributed by atoms with E-state index in [2.05, 4.69) is 23.2 Å². The molecule has 0 radical (unpaired) electrons. The Morgan fingerprint density at radius 1 is 0.840 bits per heavy atom. The molecule has 0 fully saturated rings. The fourth-order valence-electron chi connectivity index (χ4n) is 3.61. The molecule has 0 spiro atoms. The maximum absolute atomic E-state index is 6.71. The Morgan fingerprint density at radius 2 is 1.64 bits per heavy atom. The van der Waals surface area contributed by atoms with Gasteiger partial charge < -0.3 is 0 Å². The lowest BCUT2D eigenvalue weighted by molar-refractivity contribution is 1.12. The van der Waals surface area contributed by atoms with Gasteiger partial charge in [0, 0.05) is 26.6 Å². The van der Waals surface area contributed by atoms with E-state index in [0.29, 0.717) is 5.02 Å². The maximum atomic E-state index is 6.71. The molecule has 0 aliphatic carbocycles. The second-order valence-corrected chi connectivity index (χ2v) is 7.18. The predicted octanol–water partition coefficient (Wildman–Crippen LogP) is 6.34. The molecule has 5 heteroatoms. The van der Waals surface area contributed by atoms with Crippen molar-refractivity contribution in [1.82, 2.24) is 15.2 Å². The molecule has 0 aliphatic heterocycles. The molecule has 3 aromatic carbocycles. The molecule has 0 saturated carbocycles. The van der Waals surface area contributed by atoms with Crippen molar-refractivity contribution in [2.24, 2.45) is 0 Å². The first-order valence-corrected chi connectivity index (χ1v) is 8.76. The molecular formula is C20H13Cl2N3. The van der Waals surface area contributed by atoms with Gasteiger partial charge in [-0.15, -0.1) is 0 Å². The first-order chi connectivity index (χ1) is 12.1. The van der Waals surface area contributed by atoms with Crippen LogP contribution in [0.25, 0.3) is 43.6 Å². The molecule has 5 aromatic rings. The number of hydrogen-bond donors (Lipinski definition) is 1. The van der Waals surface area contributed by atoms with Crippen LogP contribution in [0.3, 0.4) is 0 Å². The number of aromatic amines is 1. The second kappa shape index (κ2) is 5.07. The first kappa shape index (κ1) is 14.9. The minimum absolute atomic E-state index is 0.688. The van der Waals surface area contributed by atoms with E-state index in [9.17, 15) is 0 Å². The summed E-state index contributed by atoms with van der Waals surface area (Å²) < 4.78 is 0. The van der Waals surface area contributed by atoms with Crippen LogP contribution in [0.2, 0.25) is 10.0 Å². The van der Waals surface area contributed by atoms with Crippen LogP contribution in [0.1, 0.15) is 11.1 Å². The SMILES string of the molecule is Cc1c(Cl)cc2nc3c4n[nH]c5ccccc5c4cc(Cl)c3c2c1C. The highest BCUT2D eigenvalue weighted by atomic mass is 35.5. The van der Waals surface area contributed by atoms with Gasteiger partial charge in [-0.25, -0.2) is 4.98 Å². The topological polar surface area (TPSA) is 41.6 Å². The number of H-pyrrole nitrogens is 1. The van der Waals surface area contributed by atoms with Crippen LogP contribution in [-0.2, 0) is 0 Å². The van der Waals surface area contributed by atoms with Crippen molar-refractivity contribution in [3.05, 3.63) is 57.6 Å². The third-order valence-electron chi connectivity index (χ3n) is 5.03. The van der Waals surface area contributed by atoms with Gasteiger partial charge in [-0.05, 0) is 43.2 Å². The van der Waals surface area contributed by atoms with Crippen LogP contribution in [0.15, 0.2) is 36.4 Å². The highest BCUT2D eigenvalue weighted by molar-refractivity contribution is 6.41. The van der Waals surface area contributed by atoms with E-state index in [1.807, 2.05) is 37.3 Å². The average Bonchev–Trinajstić information content (AvgIpc) is 3.00. The van der Waals surface area contributed by atoms with Gasteiger partial charge in [0.2, 0.25) is 0 Å². The Hall–Kier alpha value is -2.36. The summed E-state index contributed by atoms with van der Waals surface area (Å²) >= 11 is 13.1. The zero-order valence-electron chi connectivity index (χ0n) is 13.6. The summed E-state index contributed by atoms with van der Waals surface area (Å²) in [6, 6.07) is 12.0. The van der Waals surface area contributed by atoms with Crippen molar-refractivity contribution in [3.63, 3.8) is 0 Å². The lowest BCUT2D eigenvalue weighted by Gasteiger charge is -2.07. The standard InChI is InChI=1S/C20H13Cl2N3/c1-9-10(2)17-16(8-13(9)21)23-20-18(17)14(22)7-12-11-5-3-4-6-15(11)24-25-19(12)20/h3-8,24H,1-2H3. The third kappa shape index (κ3) is 1.94. The summed E-state index contributed by atoms with van der Waals surface area (Å²) in [6.07, 6.45) is 0. The zero-order valence-corrected chi connectivity index (χ0v) is 15.1. The summed E-state index contributed by atoms with van der Waals surface area (Å²) in [5.74, 6) is 0. The van der Waals surface area contributed by atoms with Crippen LogP contribution in [0.5, 0.6) is 0 Å². The number of halogens is 2. The largest absolute Gasteiger partial charge is 0.277 e. The lowest BCUT2D eigenvalue weighted by Crippen LogP contribution is -1.89. The van der Waals surface area contributed by atoms with E-state index in [1.54, 1.807) is 0 Å². The smallest absolute Gasteiger partial charge is 0.118 e. The highest BCUT2D eigenvalue weighted by Crippen LogP contribution is 2.40. The molecule has 0 bridgehead atoms. The number of aromatic nitrogens is 3. The van der Waals surface area contributed by atoms with Crippen molar-refractivity contribution in [1.29, 1.82) is 0 Å². The molecule has 0 saturated heterocycles. The Balaban J connectivity index is 2.08. The molecule has 122 valence electrons. The van der Waals surface area contributed by atoms with Crippen LogP contribution < -0.4 is 0 Å². The van der Waals surface area contributed by atoms with Crippen molar-refractivity contribution in [2.75, 3.05) is 0 Å². The molecule has 1 N–H and O–H groups in total. The molecule has 0 unspecified atom stereocenters. The number of hydrogen-bond acceptors (Lipinski definition) is 2. The Kier molecular flexibility index (Phi) is 3.03. The fourth-order valence-corrected chi connectivity index (χ4v) is 4.14. The number of nitrogens with one attached hydrogen (secondary N) is 1.